The van der Waals surface area contributed by atoms with E-state index in [1.807, 2.05) is 12.1 Å². The van der Waals surface area contributed by atoms with E-state index in [4.69, 9.17) is 11.6 Å². The quantitative estimate of drug-likeness (QED) is 0.817. The van der Waals surface area contributed by atoms with E-state index in [2.05, 4.69) is 24.1 Å². The van der Waals surface area contributed by atoms with E-state index in [0.717, 1.165) is 12.1 Å². The molecule has 1 aliphatic rings. The van der Waals surface area contributed by atoms with Gasteiger partial charge < -0.3 is 5.32 Å². The Balaban J connectivity index is 1.95. The summed E-state index contributed by atoms with van der Waals surface area (Å²) in [6.07, 6.45) is 5.63. The van der Waals surface area contributed by atoms with Gasteiger partial charge in [-0.05, 0) is 24.3 Å². The van der Waals surface area contributed by atoms with Crippen LogP contribution in [-0.4, -0.2) is 11.0 Å². The van der Waals surface area contributed by atoms with Crippen molar-refractivity contribution in [3.8, 4) is 0 Å². The number of hydrogen-bond acceptors (Lipinski definition) is 2. The molecule has 1 fully saturated rings. The summed E-state index contributed by atoms with van der Waals surface area (Å²) in [5, 5.41) is 4.22. The fourth-order valence-corrected chi connectivity index (χ4v) is 2.68. The summed E-state index contributed by atoms with van der Waals surface area (Å²) < 4.78 is 0. The Bertz CT molecular complexity index is 363. The lowest BCUT2D eigenvalue weighted by molar-refractivity contribution is 0.282. The van der Waals surface area contributed by atoms with E-state index in [9.17, 15) is 0 Å². The number of nitrogens with zero attached hydrogens (tertiary/aromatic N) is 1. The third-order valence-electron chi connectivity index (χ3n) is 3.63. The van der Waals surface area contributed by atoms with Crippen LogP contribution in [0.1, 0.15) is 38.7 Å². The van der Waals surface area contributed by atoms with Gasteiger partial charge in [-0.3, -0.25) is 0 Å². The Kier molecular flexibility index (Phi) is 3.50. The SMILES string of the molecule is CC1(C)CCCC1NCc1cccnc1Cl. The molecule has 1 atom stereocenters. The standard InChI is InChI=1S/C13H19ClN2/c1-13(2)7-3-6-11(13)16-9-10-5-4-8-15-12(10)14/h4-5,8,11,16H,3,6-7,9H2,1-2H3. The molecular weight excluding hydrogens is 220 g/mol. The maximum absolute atomic E-state index is 6.03. The van der Waals surface area contributed by atoms with Crippen LogP contribution in [0.15, 0.2) is 18.3 Å². The molecule has 0 aliphatic heterocycles. The van der Waals surface area contributed by atoms with Crippen LogP contribution in [0.25, 0.3) is 0 Å². The first-order valence-electron chi connectivity index (χ1n) is 5.92. The normalized spacial score (nSPS) is 23.6. The van der Waals surface area contributed by atoms with Crippen LogP contribution >= 0.6 is 11.6 Å². The maximum Gasteiger partial charge on any atom is 0.133 e. The number of pyridine rings is 1. The van der Waals surface area contributed by atoms with Crippen molar-refractivity contribution in [1.82, 2.24) is 10.3 Å². The van der Waals surface area contributed by atoms with Crippen molar-refractivity contribution < 1.29 is 0 Å². The van der Waals surface area contributed by atoms with Gasteiger partial charge in [-0.1, -0.05) is 37.9 Å². The van der Waals surface area contributed by atoms with Gasteiger partial charge in [0.05, 0.1) is 0 Å². The molecule has 2 rings (SSSR count). The van der Waals surface area contributed by atoms with E-state index in [1.165, 1.54) is 19.3 Å². The third kappa shape index (κ3) is 2.55. The van der Waals surface area contributed by atoms with Crippen LogP contribution < -0.4 is 5.32 Å². The van der Waals surface area contributed by atoms with E-state index in [0.29, 0.717) is 16.6 Å². The van der Waals surface area contributed by atoms with Crippen molar-refractivity contribution in [2.45, 2.75) is 45.7 Å². The lowest BCUT2D eigenvalue weighted by Crippen LogP contribution is -2.37. The minimum atomic E-state index is 0.411. The van der Waals surface area contributed by atoms with Crippen LogP contribution in [0.2, 0.25) is 5.15 Å². The highest BCUT2D eigenvalue weighted by atomic mass is 35.5. The van der Waals surface area contributed by atoms with Gasteiger partial charge in [-0.25, -0.2) is 4.98 Å². The van der Waals surface area contributed by atoms with Gasteiger partial charge in [0.2, 0.25) is 0 Å². The highest BCUT2D eigenvalue weighted by molar-refractivity contribution is 6.30. The number of halogens is 1. The lowest BCUT2D eigenvalue weighted by atomic mass is 9.87. The largest absolute Gasteiger partial charge is 0.309 e. The zero-order chi connectivity index (χ0) is 11.6. The lowest BCUT2D eigenvalue weighted by Gasteiger charge is -2.28. The number of nitrogens with one attached hydrogen (secondary N) is 1. The summed E-state index contributed by atoms with van der Waals surface area (Å²) in [6.45, 7) is 5.49. The fraction of sp³-hybridized carbons (Fsp3) is 0.615. The summed E-state index contributed by atoms with van der Waals surface area (Å²) in [5.41, 5.74) is 1.50. The summed E-state index contributed by atoms with van der Waals surface area (Å²) in [7, 11) is 0. The van der Waals surface area contributed by atoms with Crippen LogP contribution in [0.5, 0.6) is 0 Å². The van der Waals surface area contributed by atoms with Crippen molar-refractivity contribution >= 4 is 11.6 Å². The molecule has 0 aromatic carbocycles. The van der Waals surface area contributed by atoms with Gasteiger partial charge in [0.1, 0.15) is 5.15 Å². The monoisotopic (exact) mass is 238 g/mol. The van der Waals surface area contributed by atoms with Gasteiger partial charge in [0.15, 0.2) is 0 Å². The molecule has 88 valence electrons. The Hall–Kier alpha value is -0.600. The molecule has 0 spiro atoms. The first-order chi connectivity index (χ1) is 7.59. The molecule has 0 radical (unpaired) electrons. The fourth-order valence-electron chi connectivity index (χ4n) is 2.49. The molecule has 0 amide bonds. The average molecular weight is 239 g/mol. The predicted molar refractivity (Wildman–Crippen MR) is 67.5 cm³/mol. The first kappa shape index (κ1) is 11.9. The van der Waals surface area contributed by atoms with Crippen LogP contribution in [-0.2, 0) is 6.54 Å². The second-order valence-corrected chi connectivity index (χ2v) is 5.63. The van der Waals surface area contributed by atoms with Crippen molar-refractivity contribution in [3.05, 3.63) is 29.0 Å². The van der Waals surface area contributed by atoms with Crippen molar-refractivity contribution in [2.24, 2.45) is 5.41 Å². The minimum Gasteiger partial charge on any atom is -0.309 e. The van der Waals surface area contributed by atoms with Crippen LogP contribution in [0.4, 0.5) is 0 Å². The van der Waals surface area contributed by atoms with Gasteiger partial charge >= 0.3 is 0 Å². The predicted octanol–water partition coefficient (Wildman–Crippen LogP) is 3.40. The first-order valence-corrected chi connectivity index (χ1v) is 6.30. The Labute approximate surface area is 102 Å². The van der Waals surface area contributed by atoms with Crippen LogP contribution in [0.3, 0.4) is 0 Å². The van der Waals surface area contributed by atoms with E-state index >= 15 is 0 Å². The van der Waals surface area contributed by atoms with Crippen molar-refractivity contribution in [3.63, 3.8) is 0 Å². The summed E-state index contributed by atoms with van der Waals surface area (Å²) >= 11 is 6.03. The Morgan fingerprint density at radius 3 is 3.00 bits per heavy atom. The molecule has 3 heteroatoms. The molecule has 1 unspecified atom stereocenters. The minimum absolute atomic E-state index is 0.411. The van der Waals surface area contributed by atoms with Crippen LogP contribution in [0, 0.1) is 5.41 Å². The molecular formula is C13H19ClN2. The topological polar surface area (TPSA) is 24.9 Å². The zero-order valence-electron chi connectivity index (χ0n) is 9.96. The molecule has 1 saturated carbocycles. The second-order valence-electron chi connectivity index (χ2n) is 5.27. The number of hydrogen-bond donors (Lipinski definition) is 1. The summed E-state index contributed by atoms with van der Waals surface area (Å²) in [5.74, 6) is 0. The molecule has 1 aromatic heterocycles. The van der Waals surface area contributed by atoms with Gasteiger partial charge in [-0.2, -0.15) is 0 Å². The third-order valence-corrected chi connectivity index (χ3v) is 3.97. The van der Waals surface area contributed by atoms with Gasteiger partial charge in [0, 0.05) is 24.3 Å². The van der Waals surface area contributed by atoms with Crippen molar-refractivity contribution in [2.75, 3.05) is 0 Å². The average Bonchev–Trinajstić information content (AvgIpc) is 2.57. The summed E-state index contributed by atoms with van der Waals surface area (Å²) in [6, 6.07) is 4.57. The van der Waals surface area contributed by atoms with Gasteiger partial charge in [-0.15, -0.1) is 0 Å². The maximum atomic E-state index is 6.03. The molecule has 1 N–H and O–H groups in total. The molecule has 1 aliphatic carbocycles. The van der Waals surface area contributed by atoms with E-state index < -0.39 is 0 Å². The molecule has 1 heterocycles. The summed E-state index contributed by atoms with van der Waals surface area (Å²) in [4.78, 5) is 4.09. The van der Waals surface area contributed by atoms with Gasteiger partial charge in [0.25, 0.3) is 0 Å². The Morgan fingerprint density at radius 2 is 2.38 bits per heavy atom. The second kappa shape index (κ2) is 4.72. The Morgan fingerprint density at radius 1 is 1.56 bits per heavy atom. The highest BCUT2D eigenvalue weighted by Gasteiger charge is 2.33. The smallest absolute Gasteiger partial charge is 0.133 e. The number of rotatable bonds is 3. The highest BCUT2D eigenvalue weighted by Crippen LogP contribution is 2.37. The zero-order valence-corrected chi connectivity index (χ0v) is 10.7. The molecule has 1 aromatic rings. The number of aromatic nitrogens is 1. The molecule has 0 saturated heterocycles. The van der Waals surface area contributed by atoms with E-state index in [1.54, 1.807) is 6.20 Å². The molecule has 2 nitrogen and oxygen atoms in total. The molecule has 0 bridgehead atoms. The molecule has 16 heavy (non-hydrogen) atoms. The van der Waals surface area contributed by atoms with E-state index in [-0.39, 0.29) is 0 Å². The van der Waals surface area contributed by atoms with Crippen molar-refractivity contribution in [1.29, 1.82) is 0 Å².